The monoisotopic (exact) mass is 468 g/mol. The second-order valence-corrected chi connectivity index (χ2v) is 10.1. The number of aromatic nitrogens is 3. The Balaban J connectivity index is 1.55. The van der Waals surface area contributed by atoms with E-state index >= 15 is 0 Å². The zero-order valence-electron chi connectivity index (χ0n) is 18.7. The van der Waals surface area contributed by atoms with Gasteiger partial charge in [-0.05, 0) is 61.6 Å². The van der Waals surface area contributed by atoms with Crippen LogP contribution in [0.25, 0.3) is 17.1 Å². The Labute approximate surface area is 199 Å². The van der Waals surface area contributed by atoms with Crippen LogP contribution >= 0.6 is 23.4 Å². The van der Waals surface area contributed by atoms with Gasteiger partial charge in [-0.15, -0.1) is 10.2 Å². The lowest BCUT2D eigenvalue weighted by Gasteiger charge is -2.34. The average molecular weight is 469 g/mol. The first kappa shape index (κ1) is 22.9. The van der Waals surface area contributed by atoms with E-state index in [9.17, 15) is 4.79 Å². The molecule has 7 heteroatoms. The van der Waals surface area contributed by atoms with Crippen molar-refractivity contribution in [2.75, 3.05) is 5.75 Å². The number of rotatable bonds is 6. The number of hydrogen-bond acceptors (Lipinski definition) is 4. The zero-order chi connectivity index (χ0) is 22.7. The number of hydrogen-bond donors (Lipinski definition) is 1. The molecule has 0 unspecified atom stereocenters. The summed E-state index contributed by atoms with van der Waals surface area (Å²) in [6.07, 6.45) is 3.48. The molecule has 0 radical (unpaired) electrons. The molecule has 4 rings (SSSR count). The van der Waals surface area contributed by atoms with E-state index in [0.29, 0.717) is 27.8 Å². The maximum Gasteiger partial charge on any atom is 0.230 e. The lowest BCUT2D eigenvalue weighted by Crippen LogP contribution is -2.44. The molecule has 0 bridgehead atoms. The molecule has 3 aromatic rings. The SMILES string of the molecule is Cc1ccc(-n2c(SCC(=O)N[C@H]3CCC[C@@H](C)[C@@H]3C)nnc2-c2ccc(Cl)cc2)cc1. The predicted molar refractivity (Wildman–Crippen MR) is 131 cm³/mol. The summed E-state index contributed by atoms with van der Waals surface area (Å²) in [5, 5.41) is 13.5. The molecule has 0 spiro atoms. The molecule has 3 atom stereocenters. The highest BCUT2D eigenvalue weighted by Gasteiger charge is 2.28. The van der Waals surface area contributed by atoms with Crippen LogP contribution in [-0.4, -0.2) is 32.5 Å². The van der Waals surface area contributed by atoms with Crippen molar-refractivity contribution in [3.8, 4) is 17.1 Å². The quantitative estimate of drug-likeness (QED) is 0.455. The van der Waals surface area contributed by atoms with Gasteiger partial charge in [0.2, 0.25) is 5.91 Å². The van der Waals surface area contributed by atoms with E-state index in [4.69, 9.17) is 11.6 Å². The number of thioether (sulfide) groups is 1. The smallest absolute Gasteiger partial charge is 0.230 e. The molecule has 1 fully saturated rings. The van der Waals surface area contributed by atoms with Crippen molar-refractivity contribution in [2.45, 2.75) is 51.2 Å². The highest BCUT2D eigenvalue weighted by atomic mass is 35.5. The second-order valence-electron chi connectivity index (χ2n) is 8.71. The predicted octanol–water partition coefficient (Wildman–Crippen LogP) is 5.93. The van der Waals surface area contributed by atoms with Crippen LogP contribution in [0.5, 0.6) is 0 Å². The van der Waals surface area contributed by atoms with Gasteiger partial charge in [0.1, 0.15) is 0 Å². The van der Waals surface area contributed by atoms with Crippen LogP contribution in [0.2, 0.25) is 5.02 Å². The minimum Gasteiger partial charge on any atom is -0.352 e. The van der Waals surface area contributed by atoms with Crippen LogP contribution in [0.4, 0.5) is 0 Å². The van der Waals surface area contributed by atoms with Gasteiger partial charge in [0.25, 0.3) is 0 Å². The Bertz CT molecular complexity index is 1060. The third kappa shape index (κ3) is 5.18. The van der Waals surface area contributed by atoms with Gasteiger partial charge >= 0.3 is 0 Å². The number of nitrogens with one attached hydrogen (secondary N) is 1. The average Bonchev–Trinajstić information content (AvgIpc) is 3.20. The van der Waals surface area contributed by atoms with E-state index in [2.05, 4.69) is 48.4 Å². The summed E-state index contributed by atoms with van der Waals surface area (Å²) in [5.74, 6) is 2.23. The highest BCUT2D eigenvalue weighted by molar-refractivity contribution is 7.99. The van der Waals surface area contributed by atoms with E-state index in [1.807, 2.05) is 41.0 Å². The zero-order valence-corrected chi connectivity index (χ0v) is 20.3. The van der Waals surface area contributed by atoms with Crippen LogP contribution in [0, 0.1) is 18.8 Å². The molecule has 1 heterocycles. The third-order valence-corrected chi connectivity index (χ3v) is 7.59. The van der Waals surface area contributed by atoms with Crippen molar-refractivity contribution in [1.82, 2.24) is 20.1 Å². The van der Waals surface area contributed by atoms with Gasteiger partial charge in [0, 0.05) is 22.3 Å². The lowest BCUT2D eigenvalue weighted by atomic mass is 9.78. The first-order valence-electron chi connectivity index (χ1n) is 11.1. The second kappa shape index (κ2) is 10.1. The molecule has 1 N–H and O–H groups in total. The molecule has 2 aromatic carbocycles. The molecular weight excluding hydrogens is 440 g/mol. The third-order valence-electron chi connectivity index (χ3n) is 6.41. The lowest BCUT2D eigenvalue weighted by molar-refractivity contribution is -0.120. The normalized spacial score (nSPS) is 20.8. The number of carbonyl (C=O) groups excluding carboxylic acids is 1. The van der Waals surface area contributed by atoms with Crippen molar-refractivity contribution in [1.29, 1.82) is 0 Å². The molecule has 168 valence electrons. The minimum atomic E-state index is 0.0486. The number of aryl methyl sites for hydroxylation is 1. The van der Waals surface area contributed by atoms with E-state index in [1.165, 1.54) is 30.2 Å². The van der Waals surface area contributed by atoms with Crippen LogP contribution in [0.15, 0.2) is 53.7 Å². The molecule has 32 heavy (non-hydrogen) atoms. The van der Waals surface area contributed by atoms with Crippen LogP contribution in [0.3, 0.4) is 0 Å². The number of halogens is 1. The first-order valence-corrected chi connectivity index (χ1v) is 12.5. The highest BCUT2D eigenvalue weighted by Crippen LogP contribution is 2.31. The molecular formula is C25H29ClN4OS. The van der Waals surface area contributed by atoms with Gasteiger partial charge < -0.3 is 5.32 Å². The summed E-state index contributed by atoms with van der Waals surface area (Å²) in [7, 11) is 0. The van der Waals surface area contributed by atoms with Crippen LogP contribution < -0.4 is 5.32 Å². The van der Waals surface area contributed by atoms with Gasteiger partial charge in [-0.1, -0.05) is 67.7 Å². The molecule has 1 saturated carbocycles. The van der Waals surface area contributed by atoms with Gasteiger partial charge in [0.15, 0.2) is 11.0 Å². The van der Waals surface area contributed by atoms with Gasteiger partial charge in [0.05, 0.1) is 5.75 Å². The standard InChI is InChI=1S/C25H29ClN4OS/c1-16-7-13-21(14-8-16)30-24(19-9-11-20(26)12-10-19)28-29-25(30)32-15-23(31)27-22-6-4-5-17(2)18(22)3/h7-14,17-18,22H,4-6,15H2,1-3H3,(H,27,31)/t17-,18+,22+/m1/s1. The number of carbonyl (C=O) groups is 1. The Morgan fingerprint density at radius 2 is 1.81 bits per heavy atom. The van der Waals surface area contributed by atoms with Crippen LogP contribution in [0.1, 0.15) is 38.7 Å². The maximum atomic E-state index is 12.7. The summed E-state index contributed by atoms with van der Waals surface area (Å²) >= 11 is 7.49. The van der Waals surface area contributed by atoms with Crippen LogP contribution in [-0.2, 0) is 4.79 Å². The Hall–Kier alpha value is -2.31. The van der Waals surface area contributed by atoms with E-state index in [1.54, 1.807) is 0 Å². The maximum absolute atomic E-state index is 12.7. The van der Waals surface area contributed by atoms with E-state index in [0.717, 1.165) is 23.5 Å². The molecule has 1 aliphatic carbocycles. The van der Waals surface area contributed by atoms with Crippen molar-refractivity contribution < 1.29 is 4.79 Å². The molecule has 1 aliphatic rings. The van der Waals surface area contributed by atoms with Crippen molar-refractivity contribution >= 4 is 29.3 Å². The van der Waals surface area contributed by atoms with Crippen molar-refractivity contribution in [3.05, 3.63) is 59.1 Å². The largest absolute Gasteiger partial charge is 0.352 e. The fourth-order valence-corrected chi connectivity index (χ4v) is 5.13. The number of amides is 1. The summed E-state index contributed by atoms with van der Waals surface area (Å²) < 4.78 is 2.01. The summed E-state index contributed by atoms with van der Waals surface area (Å²) in [5.41, 5.74) is 3.06. The molecule has 5 nitrogen and oxygen atoms in total. The van der Waals surface area contributed by atoms with Crippen molar-refractivity contribution in [3.63, 3.8) is 0 Å². The minimum absolute atomic E-state index is 0.0486. The van der Waals surface area contributed by atoms with Gasteiger partial charge in [-0.25, -0.2) is 0 Å². The van der Waals surface area contributed by atoms with E-state index in [-0.39, 0.29) is 11.9 Å². The Morgan fingerprint density at radius 3 is 2.53 bits per heavy atom. The molecule has 0 aliphatic heterocycles. The fraction of sp³-hybridized carbons (Fsp3) is 0.400. The summed E-state index contributed by atoms with van der Waals surface area (Å²) in [6.45, 7) is 6.58. The molecule has 0 saturated heterocycles. The Kier molecular flexibility index (Phi) is 7.21. The topological polar surface area (TPSA) is 59.8 Å². The van der Waals surface area contributed by atoms with Crippen molar-refractivity contribution in [2.24, 2.45) is 11.8 Å². The van der Waals surface area contributed by atoms with Gasteiger partial charge in [-0.2, -0.15) is 0 Å². The number of benzene rings is 2. The van der Waals surface area contributed by atoms with Gasteiger partial charge in [-0.3, -0.25) is 9.36 Å². The number of nitrogens with zero attached hydrogens (tertiary/aromatic N) is 3. The summed E-state index contributed by atoms with van der Waals surface area (Å²) in [6, 6.07) is 16.0. The fourth-order valence-electron chi connectivity index (χ4n) is 4.24. The molecule has 1 amide bonds. The molecule has 1 aromatic heterocycles. The summed E-state index contributed by atoms with van der Waals surface area (Å²) in [4.78, 5) is 12.7. The first-order chi connectivity index (χ1) is 15.4. The van der Waals surface area contributed by atoms with E-state index < -0.39 is 0 Å². The Morgan fingerprint density at radius 1 is 1.09 bits per heavy atom.